The molecule has 2 N–H and O–H groups in total. The van der Waals surface area contributed by atoms with Crippen LogP contribution < -0.4 is 5.73 Å². The minimum absolute atomic E-state index is 0. The fourth-order valence-corrected chi connectivity index (χ4v) is 7.14. The molecule has 6 atom stereocenters. The minimum Gasteiger partial charge on any atom is -0.399 e. The standard InChI is InChI=1S/C22H35N3O3.ClH/c1-21-8-6-14(24-28-11-10-23)12-18(21)19(25-27-3)13-15-16-4-5-20(26)22(16,2)9-7-17(15)21;/h15-18H,4-13,23H2,1-3H3;1H/b24-14+,25-19+;/t15-,16-,17-,18+,21+,22-;/m0./s1. The molecule has 0 heterocycles. The van der Waals surface area contributed by atoms with Crippen molar-refractivity contribution in [3.05, 3.63) is 0 Å². The molecule has 0 bridgehead atoms. The number of fused-ring (bicyclic) bond motifs is 5. The quantitative estimate of drug-likeness (QED) is 0.545. The fourth-order valence-electron chi connectivity index (χ4n) is 7.14. The Bertz CT molecular complexity index is 697. The predicted molar refractivity (Wildman–Crippen MR) is 116 cm³/mol. The highest BCUT2D eigenvalue weighted by molar-refractivity contribution is 5.96. The van der Waals surface area contributed by atoms with Crippen molar-refractivity contribution in [3.63, 3.8) is 0 Å². The summed E-state index contributed by atoms with van der Waals surface area (Å²) in [6, 6.07) is 0. The molecule has 0 aromatic heterocycles. The van der Waals surface area contributed by atoms with Crippen molar-refractivity contribution in [2.45, 2.75) is 65.2 Å². The lowest BCUT2D eigenvalue weighted by Gasteiger charge is -2.59. The largest absolute Gasteiger partial charge is 0.399 e. The van der Waals surface area contributed by atoms with Crippen molar-refractivity contribution < 1.29 is 14.5 Å². The maximum absolute atomic E-state index is 12.6. The van der Waals surface area contributed by atoms with E-state index < -0.39 is 0 Å². The zero-order chi connectivity index (χ0) is 19.9. The number of carbonyl (C=O) groups is 1. The summed E-state index contributed by atoms with van der Waals surface area (Å²) < 4.78 is 0. The zero-order valence-corrected chi connectivity index (χ0v) is 18.8. The zero-order valence-electron chi connectivity index (χ0n) is 18.0. The van der Waals surface area contributed by atoms with Crippen LogP contribution in [0.25, 0.3) is 0 Å². The molecule has 0 aromatic rings. The maximum Gasteiger partial charge on any atom is 0.139 e. The molecule has 4 saturated carbocycles. The number of hydrogen-bond donors (Lipinski definition) is 1. The second-order valence-corrected chi connectivity index (χ2v) is 9.81. The van der Waals surface area contributed by atoms with Gasteiger partial charge < -0.3 is 15.4 Å². The summed E-state index contributed by atoms with van der Waals surface area (Å²) in [5.41, 5.74) is 7.89. The monoisotopic (exact) mass is 425 g/mol. The number of ketones is 1. The van der Waals surface area contributed by atoms with Crippen LogP contribution in [0.1, 0.15) is 65.2 Å². The first-order valence-electron chi connectivity index (χ1n) is 10.9. The van der Waals surface area contributed by atoms with E-state index in [2.05, 4.69) is 24.2 Å². The fraction of sp³-hybridized carbons (Fsp3) is 0.864. The van der Waals surface area contributed by atoms with Gasteiger partial charge in [0.2, 0.25) is 0 Å². The molecule has 4 fully saturated rings. The Labute approximate surface area is 180 Å². The lowest BCUT2D eigenvalue weighted by molar-refractivity contribution is -0.133. The second-order valence-electron chi connectivity index (χ2n) is 9.81. The van der Waals surface area contributed by atoms with Gasteiger partial charge in [-0.15, -0.1) is 12.4 Å². The smallest absolute Gasteiger partial charge is 0.139 e. The number of halogens is 1. The second kappa shape index (κ2) is 8.54. The highest BCUT2D eigenvalue weighted by Crippen LogP contribution is 2.64. The van der Waals surface area contributed by atoms with Crippen LogP contribution in [0.2, 0.25) is 0 Å². The van der Waals surface area contributed by atoms with Crippen molar-refractivity contribution in [2.24, 2.45) is 50.5 Å². The van der Waals surface area contributed by atoms with Crippen LogP contribution in [0.4, 0.5) is 0 Å². The van der Waals surface area contributed by atoms with E-state index in [-0.39, 0.29) is 23.2 Å². The molecule has 4 aliphatic carbocycles. The van der Waals surface area contributed by atoms with E-state index in [4.69, 9.17) is 15.4 Å². The highest BCUT2D eigenvalue weighted by atomic mass is 35.5. The number of nitrogens with two attached hydrogens (primary N) is 1. The van der Waals surface area contributed by atoms with Gasteiger partial charge in [0, 0.05) is 24.3 Å². The highest BCUT2D eigenvalue weighted by Gasteiger charge is 2.61. The van der Waals surface area contributed by atoms with Gasteiger partial charge in [-0.3, -0.25) is 4.79 Å². The molecule has 0 saturated heterocycles. The summed E-state index contributed by atoms with van der Waals surface area (Å²) in [6.45, 7) is 5.63. The molecule has 0 unspecified atom stereocenters. The van der Waals surface area contributed by atoms with Crippen molar-refractivity contribution in [1.29, 1.82) is 0 Å². The van der Waals surface area contributed by atoms with Gasteiger partial charge in [0.05, 0.1) is 11.4 Å². The number of Topliss-reactive ketones (excluding diaryl/α,β-unsaturated/α-hetero) is 1. The van der Waals surface area contributed by atoms with Gasteiger partial charge in [-0.1, -0.05) is 24.2 Å². The molecule has 0 spiro atoms. The Balaban J connectivity index is 0.00000240. The SMILES string of the molecule is CO/N=C1\C[C@@H]2[C@H](CC[C@]3(C)C(=O)CC[C@@H]23)[C@@]2(C)CC/C(=N\OCCN)C[C@H]12.Cl. The molecule has 0 amide bonds. The molecule has 7 heteroatoms. The summed E-state index contributed by atoms with van der Waals surface area (Å²) in [5, 5.41) is 8.87. The average Bonchev–Trinajstić information content (AvgIpc) is 2.98. The number of hydrogen-bond acceptors (Lipinski definition) is 6. The van der Waals surface area contributed by atoms with E-state index in [0.717, 1.165) is 57.1 Å². The summed E-state index contributed by atoms with van der Waals surface area (Å²) in [6.07, 6.45) is 7.96. The Kier molecular flexibility index (Phi) is 6.64. The van der Waals surface area contributed by atoms with Gasteiger partial charge in [0.1, 0.15) is 19.5 Å². The average molecular weight is 426 g/mol. The lowest BCUT2D eigenvalue weighted by atomic mass is 9.45. The third-order valence-corrected chi connectivity index (χ3v) is 8.64. The van der Waals surface area contributed by atoms with Crippen molar-refractivity contribution in [2.75, 3.05) is 20.3 Å². The van der Waals surface area contributed by atoms with Crippen LogP contribution in [-0.2, 0) is 14.5 Å². The number of nitrogens with zero attached hydrogens (tertiary/aromatic N) is 2. The third-order valence-electron chi connectivity index (χ3n) is 8.64. The summed E-state index contributed by atoms with van der Waals surface area (Å²) in [5.74, 6) is 2.55. The lowest BCUT2D eigenvalue weighted by Crippen LogP contribution is -2.56. The Morgan fingerprint density at radius 1 is 1.10 bits per heavy atom. The van der Waals surface area contributed by atoms with E-state index in [0.29, 0.717) is 42.6 Å². The molecular formula is C22H36ClN3O3. The first-order chi connectivity index (χ1) is 13.4. The van der Waals surface area contributed by atoms with E-state index in [9.17, 15) is 4.79 Å². The van der Waals surface area contributed by atoms with Crippen LogP contribution in [0.3, 0.4) is 0 Å². The summed E-state index contributed by atoms with van der Waals surface area (Å²) >= 11 is 0. The van der Waals surface area contributed by atoms with E-state index in [1.807, 2.05) is 0 Å². The Morgan fingerprint density at radius 3 is 2.62 bits per heavy atom. The van der Waals surface area contributed by atoms with Gasteiger partial charge in [-0.05, 0) is 68.1 Å². The molecule has 164 valence electrons. The van der Waals surface area contributed by atoms with Gasteiger partial charge in [-0.2, -0.15) is 0 Å². The van der Waals surface area contributed by atoms with Crippen LogP contribution in [0.15, 0.2) is 10.3 Å². The third kappa shape index (κ3) is 3.60. The van der Waals surface area contributed by atoms with Gasteiger partial charge >= 0.3 is 0 Å². The Morgan fingerprint density at radius 2 is 1.90 bits per heavy atom. The topological polar surface area (TPSA) is 86.3 Å². The molecule has 29 heavy (non-hydrogen) atoms. The van der Waals surface area contributed by atoms with E-state index in [1.54, 1.807) is 7.11 Å². The Hall–Kier alpha value is -1.14. The predicted octanol–water partition coefficient (Wildman–Crippen LogP) is 3.96. The van der Waals surface area contributed by atoms with Gasteiger partial charge in [0.15, 0.2) is 0 Å². The van der Waals surface area contributed by atoms with Crippen LogP contribution in [-0.4, -0.2) is 37.5 Å². The van der Waals surface area contributed by atoms with Gasteiger partial charge in [0.25, 0.3) is 0 Å². The van der Waals surface area contributed by atoms with Crippen LogP contribution in [0, 0.1) is 34.5 Å². The first kappa shape index (κ1) is 22.5. The first-order valence-corrected chi connectivity index (χ1v) is 10.9. The van der Waals surface area contributed by atoms with Crippen molar-refractivity contribution in [3.8, 4) is 0 Å². The van der Waals surface area contributed by atoms with Crippen molar-refractivity contribution in [1.82, 2.24) is 0 Å². The molecule has 0 aliphatic heterocycles. The number of oxime groups is 2. The van der Waals surface area contributed by atoms with Crippen LogP contribution >= 0.6 is 12.4 Å². The normalized spacial score (nSPS) is 43.9. The number of carbonyl (C=O) groups excluding carboxylic acids is 1. The maximum atomic E-state index is 12.6. The molecule has 4 rings (SSSR count). The molecule has 0 radical (unpaired) electrons. The molecule has 4 aliphatic rings. The summed E-state index contributed by atoms with van der Waals surface area (Å²) in [4.78, 5) is 23.3. The summed E-state index contributed by atoms with van der Waals surface area (Å²) in [7, 11) is 1.64. The molecular weight excluding hydrogens is 390 g/mol. The number of rotatable bonds is 4. The van der Waals surface area contributed by atoms with E-state index >= 15 is 0 Å². The van der Waals surface area contributed by atoms with E-state index in [1.165, 1.54) is 5.71 Å². The van der Waals surface area contributed by atoms with Crippen LogP contribution in [0.5, 0.6) is 0 Å². The van der Waals surface area contributed by atoms with Crippen molar-refractivity contribution >= 4 is 29.6 Å². The molecule has 6 nitrogen and oxygen atoms in total. The molecule has 0 aromatic carbocycles. The van der Waals surface area contributed by atoms with Gasteiger partial charge in [-0.25, -0.2) is 0 Å². The minimum atomic E-state index is -0.111.